The lowest BCUT2D eigenvalue weighted by Gasteiger charge is -2.21. The maximum absolute atomic E-state index is 13.4. The molecule has 1 atom stereocenters. The van der Waals surface area contributed by atoms with Gasteiger partial charge in [0, 0.05) is 13.6 Å². The Morgan fingerprint density at radius 2 is 2.21 bits per heavy atom. The van der Waals surface area contributed by atoms with Crippen LogP contribution in [0.5, 0.6) is 0 Å². The van der Waals surface area contributed by atoms with Gasteiger partial charge >= 0.3 is 0 Å². The molecule has 0 radical (unpaired) electrons. The topological polar surface area (TPSA) is 32.3 Å². The average Bonchev–Trinajstić information content (AvgIpc) is 2.90. The zero-order valence-corrected chi connectivity index (χ0v) is 11.9. The highest BCUT2D eigenvalue weighted by atomic mass is 35.5. The fourth-order valence-electron chi connectivity index (χ4n) is 2.26. The number of likely N-dealkylation sites (N-methyl/N-ethyl adjacent to an activating group) is 1. The summed E-state index contributed by atoms with van der Waals surface area (Å²) in [6.45, 7) is 1.47. The Balaban J connectivity index is 0.00000180. The lowest BCUT2D eigenvalue weighted by Crippen LogP contribution is -2.42. The van der Waals surface area contributed by atoms with Crippen LogP contribution in [-0.2, 0) is 11.2 Å². The van der Waals surface area contributed by atoms with Crippen LogP contribution in [0.25, 0.3) is 0 Å². The van der Waals surface area contributed by atoms with Crippen molar-refractivity contribution in [2.45, 2.75) is 25.3 Å². The normalized spacial score (nSPS) is 17.9. The number of hydrogen-bond acceptors (Lipinski definition) is 2. The Kier molecular flexibility index (Phi) is 6.25. The molecule has 1 fully saturated rings. The van der Waals surface area contributed by atoms with Crippen molar-refractivity contribution in [3.63, 3.8) is 0 Å². The van der Waals surface area contributed by atoms with Crippen molar-refractivity contribution in [2.75, 3.05) is 20.1 Å². The molecule has 0 saturated carbocycles. The first kappa shape index (κ1) is 15.9. The summed E-state index contributed by atoms with van der Waals surface area (Å²) < 4.78 is 13.4. The molecule has 1 aromatic carbocycles. The summed E-state index contributed by atoms with van der Waals surface area (Å²) >= 11 is 0. The fourth-order valence-corrected chi connectivity index (χ4v) is 2.26. The highest BCUT2D eigenvalue weighted by Crippen LogP contribution is 2.10. The zero-order valence-electron chi connectivity index (χ0n) is 11.1. The number of nitrogens with one attached hydrogen (secondary N) is 1. The molecule has 106 valence electrons. The fraction of sp³-hybridized carbons (Fsp3) is 0.500. The summed E-state index contributed by atoms with van der Waals surface area (Å²) in [5, 5.41) is 3.18. The number of carbonyl (C=O) groups excluding carboxylic acids is 1. The smallest absolute Gasteiger partial charge is 0.239 e. The number of nitrogens with zero attached hydrogens (tertiary/aromatic N) is 1. The molecule has 1 N–H and O–H groups in total. The standard InChI is InChI=1S/C14H19FN2O.ClH/c1-17(14(18)13-7-4-9-16-13)10-8-11-5-2-3-6-12(11)15;/h2-3,5-6,13,16H,4,7-10H2,1H3;1H. The van der Waals surface area contributed by atoms with E-state index in [1.807, 2.05) is 6.07 Å². The highest BCUT2D eigenvalue weighted by molar-refractivity contribution is 5.85. The largest absolute Gasteiger partial charge is 0.344 e. The van der Waals surface area contributed by atoms with Crippen LogP contribution in [0.2, 0.25) is 0 Å². The molecule has 1 aliphatic rings. The van der Waals surface area contributed by atoms with E-state index in [0.717, 1.165) is 19.4 Å². The lowest BCUT2D eigenvalue weighted by molar-refractivity contribution is -0.131. The summed E-state index contributed by atoms with van der Waals surface area (Å²) in [7, 11) is 1.78. The maximum atomic E-state index is 13.4. The van der Waals surface area contributed by atoms with Crippen LogP contribution >= 0.6 is 12.4 Å². The van der Waals surface area contributed by atoms with Crippen molar-refractivity contribution >= 4 is 18.3 Å². The molecule has 1 aromatic rings. The minimum atomic E-state index is -0.197. The molecule has 19 heavy (non-hydrogen) atoms. The minimum absolute atomic E-state index is 0. The van der Waals surface area contributed by atoms with Crippen LogP contribution in [0.4, 0.5) is 4.39 Å². The first-order valence-corrected chi connectivity index (χ1v) is 6.40. The summed E-state index contributed by atoms with van der Waals surface area (Å²) in [5.74, 6) is -0.0822. The summed E-state index contributed by atoms with van der Waals surface area (Å²) in [6, 6.07) is 6.67. The molecule has 1 heterocycles. The molecule has 1 saturated heterocycles. The van der Waals surface area contributed by atoms with Gasteiger partial charge in [0.1, 0.15) is 5.82 Å². The highest BCUT2D eigenvalue weighted by Gasteiger charge is 2.24. The number of benzene rings is 1. The van der Waals surface area contributed by atoms with E-state index in [1.54, 1.807) is 24.1 Å². The van der Waals surface area contributed by atoms with Crippen molar-refractivity contribution in [1.82, 2.24) is 10.2 Å². The number of halogens is 2. The van der Waals surface area contributed by atoms with Crippen LogP contribution in [0.3, 0.4) is 0 Å². The van der Waals surface area contributed by atoms with Crippen molar-refractivity contribution in [3.05, 3.63) is 35.6 Å². The molecule has 0 bridgehead atoms. The van der Waals surface area contributed by atoms with E-state index >= 15 is 0 Å². The SMILES string of the molecule is CN(CCc1ccccc1F)C(=O)C1CCCN1.Cl. The first-order chi connectivity index (χ1) is 8.68. The third-order valence-electron chi connectivity index (χ3n) is 3.41. The van der Waals surface area contributed by atoms with Crippen LogP contribution in [0.1, 0.15) is 18.4 Å². The van der Waals surface area contributed by atoms with Gasteiger partial charge in [-0.3, -0.25) is 4.79 Å². The third-order valence-corrected chi connectivity index (χ3v) is 3.41. The Bertz CT molecular complexity index is 422. The molecule has 1 unspecified atom stereocenters. The Hall–Kier alpha value is -1.13. The van der Waals surface area contributed by atoms with Crippen LogP contribution in [-0.4, -0.2) is 37.0 Å². The molecule has 1 aliphatic heterocycles. The lowest BCUT2D eigenvalue weighted by atomic mass is 10.1. The first-order valence-electron chi connectivity index (χ1n) is 6.40. The van der Waals surface area contributed by atoms with E-state index in [2.05, 4.69) is 5.32 Å². The van der Waals surface area contributed by atoms with Gasteiger partial charge in [-0.25, -0.2) is 4.39 Å². The molecular formula is C14H20ClFN2O. The maximum Gasteiger partial charge on any atom is 0.239 e. The summed E-state index contributed by atoms with van der Waals surface area (Å²) in [4.78, 5) is 13.7. The van der Waals surface area contributed by atoms with Gasteiger partial charge in [0.05, 0.1) is 6.04 Å². The van der Waals surface area contributed by atoms with Gasteiger partial charge in [0.2, 0.25) is 5.91 Å². The molecule has 0 aromatic heterocycles. The second-order valence-electron chi connectivity index (χ2n) is 4.75. The Morgan fingerprint density at radius 1 is 1.47 bits per heavy atom. The van der Waals surface area contributed by atoms with Gasteiger partial charge in [-0.05, 0) is 37.4 Å². The number of amides is 1. The van der Waals surface area contributed by atoms with Crippen LogP contribution in [0, 0.1) is 5.82 Å². The summed E-state index contributed by atoms with van der Waals surface area (Å²) in [6.07, 6.45) is 2.52. The van der Waals surface area contributed by atoms with Gasteiger partial charge in [0.15, 0.2) is 0 Å². The van der Waals surface area contributed by atoms with Crippen LogP contribution in [0.15, 0.2) is 24.3 Å². The Labute approximate surface area is 119 Å². The molecular weight excluding hydrogens is 267 g/mol. The molecule has 3 nitrogen and oxygen atoms in total. The molecule has 5 heteroatoms. The molecule has 0 aliphatic carbocycles. The monoisotopic (exact) mass is 286 g/mol. The van der Waals surface area contributed by atoms with Crippen molar-refractivity contribution < 1.29 is 9.18 Å². The van der Waals surface area contributed by atoms with E-state index < -0.39 is 0 Å². The second-order valence-corrected chi connectivity index (χ2v) is 4.75. The van der Waals surface area contributed by atoms with E-state index in [1.165, 1.54) is 6.07 Å². The van der Waals surface area contributed by atoms with E-state index in [0.29, 0.717) is 18.5 Å². The molecule has 1 amide bonds. The zero-order chi connectivity index (χ0) is 13.0. The predicted molar refractivity (Wildman–Crippen MR) is 76.0 cm³/mol. The molecule has 2 rings (SSSR count). The van der Waals surface area contributed by atoms with Gasteiger partial charge in [0.25, 0.3) is 0 Å². The van der Waals surface area contributed by atoms with Gasteiger partial charge < -0.3 is 10.2 Å². The van der Waals surface area contributed by atoms with E-state index in [9.17, 15) is 9.18 Å². The van der Waals surface area contributed by atoms with Crippen molar-refractivity contribution in [3.8, 4) is 0 Å². The number of rotatable bonds is 4. The number of hydrogen-bond donors (Lipinski definition) is 1. The second kappa shape index (κ2) is 7.46. The van der Waals surface area contributed by atoms with Gasteiger partial charge in [-0.15, -0.1) is 12.4 Å². The Morgan fingerprint density at radius 3 is 2.84 bits per heavy atom. The van der Waals surface area contributed by atoms with Crippen molar-refractivity contribution in [1.29, 1.82) is 0 Å². The van der Waals surface area contributed by atoms with Gasteiger partial charge in [-0.2, -0.15) is 0 Å². The average molecular weight is 287 g/mol. The molecule has 0 spiro atoms. The van der Waals surface area contributed by atoms with Gasteiger partial charge in [-0.1, -0.05) is 18.2 Å². The third kappa shape index (κ3) is 4.18. The van der Waals surface area contributed by atoms with Crippen LogP contribution < -0.4 is 5.32 Å². The predicted octanol–water partition coefficient (Wildman–Crippen LogP) is 2.00. The van der Waals surface area contributed by atoms with Crippen molar-refractivity contribution in [2.24, 2.45) is 0 Å². The quantitative estimate of drug-likeness (QED) is 0.918. The summed E-state index contributed by atoms with van der Waals surface area (Å²) in [5.41, 5.74) is 0.663. The van der Waals surface area contributed by atoms with E-state index in [4.69, 9.17) is 0 Å². The number of carbonyl (C=O) groups is 1. The van der Waals surface area contributed by atoms with E-state index in [-0.39, 0.29) is 30.2 Å². The minimum Gasteiger partial charge on any atom is -0.344 e.